The number of carbonyl (C=O) groups excluding carboxylic acids is 1. The summed E-state index contributed by atoms with van der Waals surface area (Å²) in [7, 11) is 0. The quantitative estimate of drug-likeness (QED) is 0.916. The van der Waals surface area contributed by atoms with Gasteiger partial charge in [0.1, 0.15) is 6.33 Å². The van der Waals surface area contributed by atoms with Crippen LogP contribution in [-0.2, 0) is 0 Å². The number of carbonyl (C=O) groups is 1. The van der Waals surface area contributed by atoms with Crippen molar-refractivity contribution in [3.8, 4) is 11.3 Å². The van der Waals surface area contributed by atoms with E-state index in [4.69, 9.17) is 0 Å². The fraction of sp³-hybridized carbons (Fsp3) is 0.357. The third-order valence-electron chi connectivity index (χ3n) is 2.79. The molecule has 2 rings (SSSR count). The first-order valence-electron chi connectivity index (χ1n) is 6.39. The zero-order valence-electron chi connectivity index (χ0n) is 11.2. The first-order chi connectivity index (χ1) is 9.16. The Morgan fingerprint density at radius 3 is 2.79 bits per heavy atom. The van der Waals surface area contributed by atoms with Crippen molar-refractivity contribution in [2.45, 2.75) is 20.3 Å². The summed E-state index contributed by atoms with van der Waals surface area (Å²) in [6.45, 7) is 4.94. The molecule has 2 aromatic heterocycles. The average Bonchev–Trinajstić information content (AvgIpc) is 2.89. The van der Waals surface area contributed by atoms with E-state index in [1.165, 1.54) is 10.9 Å². The van der Waals surface area contributed by atoms with E-state index in [9.17, 15) is 4.79 Å². The molecule has 0 spiro atoms. The summed E-state index contributed by atoms with van der Waals surface area (Å²) in [5.74, 6) is 0.579. The van der Waals surface area contributed by atoms with Gasteiger partial charge in [-0.25, -0.2) is 9.78 Å². The number of nitrogens with one attached hydrogen (secondary N) is 1. The van der Waals surface area contributed by atoms with Crippen LogP contribution in [0.1, 0.15) is 20.3 Å². The Morgan fingerprint density at radius 2 is 2.11 bits per heavy atom. The molecular weight excluding hydrogens is 240 g/mol. The maximum Gasteiger partial charge on any atom is 0.326 e. The molecule has 0 saturated carbocycles. The van der Waals surface area contributed by atoms with Gasteiger partial charge in [-0.2, -0.15) is 0 Å². The minimum Gasteiger partial charge on any atom is -0.337 e. The fourth-order valence-corrected chi connectivity index (χ4v) is 1.66. The van der Waals surface area contributed by atoms with Gasteiger partial charge >= 0.3 is 6.03 Å². The predicted octanol–water partition coefficient (Wildman–Crippen LogP) is 2.55. The van der Waals surface area contributed by atoms with Gasteiger partial charge < -0.3 is 5.32 Å². The molecule has 0 aliphatic heterocycles. The van der Waals surface area contributed by atoms with Crippen LogP contribution in [0.4, 0.5) is 4.79 Å². The molecule has 1 amide bonds. The minimum atomic E-state index is -0.145. The minimum absolute atomic E-state index is 0.145. The lowest BCUT2D eigenvalue weighted by atomic mass is 10.1. The highest BCUT2D eigenvalue weighted by Gasteiger charge is 2.07. The number of pyridine rings is 1. The smallest absolute Gasteiger partial charge is 0.326 e. The van der Waals surface area contributed by atoms with Gasteiger partial charge in [0.25, 0.3) is 0 Å². The number of hydrogen-bond donors (Lipinski definition) is 1. The molecule has 0 aliphatic carbocycles. The number of amides is 1. The Bertz CT molecular complexity index is 533. The predicted molar refractivity (Wildman–Crippen MR) is 73.7 cm³/mol. The van der Waals surface area contributed by atoms with Gasteiger partial charge in [-0.15, -0.1) is 0 Å². The molecule has 0 saturated heterocycles. The summed E-state index contributed by atoms with van der Waals surface area (Å²) in [5, 5.41) is 2.87. The highest BCUT2D eigenvalue weighted by molar-refractivity contribution is 5.77. The van der Waals surface area contributed by atoms with E-state index in [1.54, 1.807) is 18.6 Å². The topological polar surface area (TPSA) is 59.8 Å². The Balaban J connectivity index is 1.99. The van der Waals surface area contributed by atoms with Crippen molar-refractivity contribution in [2.75, 3.05) is 6.54 Å². The summed E-state index contributed by atoms with van der Waals surface area (Å²) in [6, 6.07) is 3.58. The van der Waals surface area contributed by atoms with Crippen LogP contribution in [0.15, 0.2) is 37.1 Å². The molecule has 0 atom stereocenters. The van der Waals surface area contributed by atoms with E-state index in [-0.39, 0.29) is 6.03 Å². The van der Waals surface area contributed by atoms with Crippen LogP contribution in [0.2, 0.25) is 0 Å². The summed E-state index contributed by atoms with van der Waals surface area (Å²) in [5.41, 5.74) is 1.71. The SMILES string of the molecule is CC(C)CCNC(=O)n1cnc(-c2ccncc2)c1. The summed E-state index contributed by atoms with van der Waals surface area (Å²) in [4.78, 5) is 20.1. The average molecular weight is 258 g/mol. The molecule has 2 heterocycles. The maximum absolute atomic E-state index is 11.9. The normalized spacial score (nSPS) is 10.7. The van der Waals surface area contributed by atoms with Gasteiger partial charge in [0.05, 0.1) is 5.69 Å². The number of rotatable bonds is 4. The molecule has 100 valence electrons. The molecule has 2 aromatic rings. The van der Waals surface area contributed by atoms with Crippen molar-refractivity contribution < 1.29 is 4.79 Å². The summed E-state index contributed by atoms with van der Waals surface area (Å²) in [6.07, 6.45) is 7.63. The van der Waals surface area contributed by atoms with Crippen molar-refractivity contribution in [2.24, 2.45) is 5.92 Å². The third kappa shape index (κ3) is 3.64. The van der Waals surface area contributed by atoms with Crippen LogP contribution < -0.4 is 5.32 Å². The summed E-state index contributed by atoms with van der Waals surface area (Å²) >= 11 is 0. The van der Waals surface area contributed by atoms with Gasteiger partial charge in [-0.05, 0) is 24.5 Å². The molecule has 0 bridgehead atoms. The van der Waals surface area contributed by atoms with E-state index >= 15 is 0 Å². The van der Waals surface area contributed by atoms with Gasteiger partial charge in [0.2, 0.25) is 0 Å². The number of hydrogen-bond acceptors (Lipinski definition) is 3. The lowest BCUT2D eigenvalue weighted by Crippen LogP contribution is -2.29. The molecule has 19 heavy (non-hydrogen) atoms. The number of aromatic nitrogens is 3. The van der Waals surface area contributed by atoms with E-state index in [2.05, 4.69) is 29.1 Å². The first kappa shape index (κ1) is 13.3. The van der Waals surface area contributed by atoms with Crippen LogP contribution in [-0.4, -0.2) is 27.1 Å². The van der Waals surface area contributed by atoms with E-state index in [0.717, 1.165) is 17.7 Å². The van der Waals surface area contributed by atoms with E-state index < -0.39 is 0 Å². The second kappa shape index (κ2) is 6.13. The number of imidazole rings is 1. The van der Waals surface area contributed by atoms with Crippen molar-refractivity contribution >= 4 is 6.03 Å². The zero-order valence-corrected chi connectivity index (χ0v) is 11.2. The first-order valence-corrected chi connectivity index (χ1v) is 6.39. The van der Waals surface area contributed by atoms with Gasteiger partial charge in [-0.3, -0.25) is 9.55 Å². The third-order valence-corrected chi connectivity index (χ3v) is 2.79. The lowest BCUT2D eigenvalue weighted by molar-refractivity contribution is 0.242. The van der Waals surface area contributed by atoms with Crippen molar-refractivity contribution in [1.82, 2.24) is 19.9 Å². The Morgan fingerprint density at radius 1 is 1.37 bits per heavy atom. The molecule has 5 nitrogen and oxygen atoms in total. The second-order valence-corrected chi connectivity index (χ2v) is 4.82. The summed E-state index contributed by atoms with van der Waals surface area (Å²) < 4.78 is 1.47. The molecule has 5 heteroatoms. The monoisotopic (exact) mass is 258 g/mol. The van der Waals surface area contributed by atoms with Crippen molar-refractivity contribution in [3.63, 3.8) is 0 Å². The van der Waals surface area contributed by atoms with Crippen LogP contribution in [0.5, 0.6) is 0 Å². The van der Waals surface area contributed by atoms with Gasteiger partial charge in [0.15, 0.2) is 0 Å². The Labute approximate surface area is 112 Å². The molecular formula is C14H18N4O. The zero-order chi connectivity index (χ0) is 13.7. The second-order valence-electron chi connectivity index (χ2n) is 4.82. The van der Waals surface area contributed by atoms with Crippen molar-refractivity contribution in [3.05, 3.63) is 37.1 Å². The molecule has 0 fully saturated rings. The molecule has 0 aromatic carbocycles. The van der Waals surface area contributed by atoms with E-state index in [1.807, 2.05) is 12.1 Å². The fourth-order valence-electron chi connectivity index (χ4n) is 1.66. The molecule has 0 unspecified atom stereocenters. The van der Waals surface area contributed by atoms with Crippen LogP contribution in [0, 0.1) is 5.92 Å². The Kier molecular flexibility index (Phi) is 4.28. The standard InChI is InChI=1S/C14H18N4O/c1-11(2)3-8-16-14(19)18-9-13(17-10-18)12-4-6-15-7-5-12/h4-7,9-11H,3,8H2,1-2H3,(H,16,19). The van der Waals surface area contributed by atoms with Crippen molar-refractivity contribution in [1.29, 1.82) is 0 Å². The highest BCUT2D eigenvalue weighted by atomic mass is 16.2. The van der Waals surface area contributed by atoms with Gasteiger partial charge in [0, 0.05) is 30.7 Å². The Hall–Kier alpha value is -2.17. The van der Waals surface area contributed by atoms with Crippen LogP contribution in [0.25, 0.3) is 11.3 Å². The highest BCUT2D eigenvalue weighted by Crippen LogP contribution is 2.14. The van der Waals surface area contributed by atoms with Gasteiger partial charge in [-0.1, -0.05) is 13.8 Å². The van der Waals surface area contributed by atoms with Crippen LogP contribution >= 0.6 is 0 Å². The molecule has 1 N–H and O–H groups in total. The number of nitrogens with zero attached hydrogens (tertiary/aromatic N) is 3. The molecule has 0 aliphatic rings. The molecule has 0 radical (unpaired) electrons. The maximum atomic E-state index is 11.9. The largest absolute Gasteiger partial charge is 0.337 e. The van der Waals surface area contributed by atoms with E-state index in [0.29, 0.717) is 12.5 Å². The lowest BCUT2D eigenvalue weighted by Gasteiger charge is -2.06. The van der Waals surface area contributed by atoms with Crippen LogP contribution in [0.3, 0.4) is 0 Å².